The zero-order valence-electron chi connectivity index (χ0n) is 16.3. The van der Waals surface area contributed by atoms with Gasteiger partial charge in [-0.25, -0.2) is 9.59 Å². The maximum absolute atomic E-state index is 12.3. The van der Waals surface area contributed by atoms with Crippen LogP contribution in [0.15, 0.2) is 46.1 Å². The van der Waals surface area contributed by atoms with Crippen molar-refractivity contribution in [3.8, 4) is 0 Å². The van der Waals surface area contributed by atoms with E-state index in [1.54, 1.807) is 26.0 Å². The Morgan fingerprint density at radius 2 is 1.83 bits per heavy atom. The minimum Gasteiger partial charge on any atom is -0.459 e. The summed E-state index contributed by atoms with van der Waals surface area (Å²) in [7, 11) is 0. The van der Waals surface area contributed by atoms with Crippen LogP contribution in [0.2, 0.25) is 0 Å². The summed E-state index contributed by atoms with van der Waals surface area (Å²) in [4.78, 5) is 38.1. The number of aromatic nitrogens is 2. The standard InChI is InChI=1S/C20H22N2O7/c1-11-4-6-12(7-5-11)18(24)26-10-13-15-16(29-20(2,3)28-15)17(27-13)22-9-8-14(23)21-19(22)25/h4-9,13,15-17H,10H2,1-3H3,(H,21,23,25)/t13-,15-,16-,17-/m1/s1. The first-order valence-electron chi connectivity index (χ1n) is 9.30. The van der Waals surface area contributed by atoms with Gasteiger partial charge in [-0.1, -0.05) is 17.7 Å². The van der Waals surface area contributed by atoms with Crippen LogP contribution in [0.25, 0.3) is 0 Å². The third-order valence-electron chi connectivity index (χ3n) is 4.92. The van der Waals surface area contributed by atoms with Crippen LogP contribution >= 0.6 is 0 Å². The first kappa shape index (κ1) is 19.6. The van der Waals surface area contributed by atoms with Crippen molar-refractivity contribution in [2.45, 2.75) is 51.1 Å². The fourth-order valence-electron chi connectivity index (χ4n) is 3.58. The molecule has 154 valence electrons. The Kier molecular flexibility index (Phi) is 4.89. The van der Waals surface area contributed by atoms with Gasteiger partial charge in [-0.3, -0.25) is 14.3 Å². The SMILES string of the molecule is Cc1ccc(C(=O)OC[C@H]2O[C@@H](n3ccc(=O)[nH]c3=O)[C@@H]3OC(C)(C)O[C@@H]32)cc1. The normalized spacial score (nSPS) is 27.6. The molecule has 0 saturated carbocycles. The molecule has 1 aromatic carbocycles. The van der Waals surface area contributed by atoms with Gasteiger partial charge in [-0.05, 0) is 32.9 Å². The minimum absolute atomic E-state index is 0.0675. The number of hydrogen-bond donors (Lipinski definition) is 1. The summed E-state index contributed by atoms with van der Waals surface area (Å²) in [5.74, 6) is -1.37. The number of hydrogen-bond acceptors (Lipinski definition) is 7. The van der Waals surface area contributed by atoms with Gasteiger partial charge in [-0.2, -0.15) is 0 Å². The highest BCUT2D eigenvalue weighted by Gasteiger charge is 2.56. The van der Waals surface area contributed by atoms with Crippen LogP contribution < -0.4 is 11.2 Å². The number of aromatic amines is 1. The Morgan fingerprint density at radius 1 is 1.14 bits per heavy atom. The van der Waals surface area contributed by atoms with E-state index in [0.29, 0.717) is 5.56 Å². The van der Waals surface area contributed by atoms with Crippen molar-refractivity contribution < 1.29 is 23.7 Å². The molecular formula is C20H22N2O7. The van der Waals surface area contributed by atoms with Gasteiger partial charge < -0.3 is 18.9 Å². The number of aryl methyl sites for hydroxylation is 1. The first-order chi connectivity index (χ1) is 13.7. The lowest BCUT2D eigenvalue weighted by Gasteiger charge is -2.24. The Hall–Kier alpha value is -2.75. The van der Waals surface area contributed by atoms with Gasteiger partial charge in [0.05, 0.1) is 5.56 Å². The Balaban J connectivity index is 1.53. The lowest BCUT2D eigenvalue weighted by molar-refractivity contribution is -0.200. The van der Waals surface area contributed by atoms with E-state index in [-0.39, 0.29) is 6.61 Å². The molecule has 4 atom stereocenters. The molecular weight excluding hydrogens is 380 g/mol. The quantitative estimate of drug-likeness (QED) is 0.764. The molecule has 2 saturated heterocycles. The average Bonchev–Trinajstić information content (AvgIpc) is 3.14. The lowest BCUT2D eigenvalue weighted by Crippen LogP contribution is -2.37. The number of ether oxygens (including phenoxy) is 4. The molecule has 1 aromatic heterocycles. The highest BCUT2D eigenvalue weighted by atomic mass is 16.8. The molecule has 0 bridgehead atoms. The topological polar surface area (TPSA) is 109 Å². The molecule has 29 heavy (non-hydrogen) atoms. The first-order valence-corrected chi connectivity index (χ1v) is 9.30. The monoisotopic (exact) mass is 402 g/mol. The summed E-state index contributed by atoms with van der Waals surface area (Å²) < 4.78 is 24.5. The predicted molar refractivity (Wildman–Crippen MR) is 101 cm³/mol. The average molecular weight is 402 g/mol. The molecule has 0 spiro atoms. The number of nitrogens with zero attached hydrogens (tertiary/aromatic N) is 1. The third-order valence-corrected chi connectivity index (χ3v) is 4.92. The zero-order valence-corrected chi connectivity index (χ0v) is 16.3. The molecule has 4 rings (SSSR count). The van der Waals surface area contributed by atoms with E-state index in [0.717, 1.165) is 5.56 Å². The van der Waals surface area contributed by atoms with Gasteiger partial charge in [0.2, 0.25) is 0 Å². The van der Waals surface area contributed by atoms with Crippen LogP contribution in [0.3, 0.4) is 0 Å². The van der Waals surface area contributed by atoms with Crippen LogP contribution in [-0.2, 0) is 18.9 Å². The van der Waals surface area contributed by atoms with Crippen molar-refractivity contribution in [1.82, 2.24) is 9.55 Å². The van der Waals surface area contributed by atoms with E-state index in [9.17, 15) is 14.4 Å². The van der Waals surface area contributed by atoms with Crippen LogP contribution in [0, 0.1) is 6.92 Å². The summed E-state index contributed by atoms with van der Waals surface area (Å²) in [5, 5.41) is 0. The molecule has 0 unspecified atom stereocenters. The summed E-state index contributed by atoms with van der Waals surface area (Å²) in [6.07, 6.45) is -1.26. The highest BCUT2D eigenvalue weighted by Crippen LogP contribution is 2.42. The second kappa shape index (κ2) is 7.25. The molecule has 1 N–H and O–H groups in total. The van der Waals surface area contributed by atoms with Gasteiger partial charge in [0, 0.05) is 12.3 Å². The number of fused-ring (bicyclic) bond motifs is 1. The zero-order chi connectivity index (χ0) is 20.8. The molecule has 2 fully saturated rings. The maximum Gasteiger partial charge on any atom is 0.338 e. The van der Waals surface area contributed by atoms with Crippen LogP contribution in [0.1, 0.15) is 36.0 Å². The minimum atomic E-state index is -0.887. The second-order valence-electron chi connectivity index (χ2n) is 7.61. The molecule has 3 heterocycles. The summed E-state index contributed by atoms with van der Waals surface area (Å²) in [6, 6.07) is 8.26. The van der Waals surface area contributed by atoms with Crippen LogP contribution in [0.5, 0.6) is 0 Å². The molecule has 9 heteroatoms. The number of benzene rings is 1. The number of H-pyrrole nitrogens is 1. The number of rotatable bonds is 4. The Bertz CT molecular complexity index is 1020. The summed E-state index contributed by atoms with van der Waals surface area (Å²) >= 11 is 0. The molecule has 2 aliphatic heterocycles. The smallest absolute Gasteiger partial charge is 0.338 e. The van der Waals surface area contributed by atoms with Gasteiger partial charge >= 0.3 is 11.7 Å². The highest BCUT2D eigenvalue weighted by molar-refractivity contribution is 5.89. The molecule has 0 aliphatic carbocycles. The lowest BCUT2D eigenvalue weighted by atomic mass is 10.1. The fraction of sp³-hybridized carbons (Fsp3) is 0.450. The fourth-order valence-corrected chi connectivity index (χ4v) is 3.58. The van der Waals surface area contributed by atoms with Gasteiger partial charge in [0.25, 0.3) is 5.56 Å². The van der Waals surface area contributed by atoms with Crippen molar-refractivity contribution in [1.29, 1.82) is 0 Å². The Labute approximate surface area is 166 Å². The van der Waals surface area contributed by atoms with E-state index < -0.39 is 47.5 Å². The number of nitrogens with one attached hydrogen (secondary N) is 1. The van der Waals surface area contributed by atoms with Crippen molar-refractivity contribution in [2.75, 3.05) is 6.61 Å². The van der Waals surface area contributed by atoms with E-state index in [1.807, 2.05) is 19.1 Å². The molecule has 9 nitrogen and oxygen atoms in total. The van der Waals surface area contributed by atoms with E-state index in [2.05, 4.69) is 4.98 Å². The maximum atomic E-state index is 12.3. The number of esters is 1. The van der Waals surface area contributed by atoms with E-state index in [4.69, 9.17) is 18.9 Å². The summed E-state index contributed by atoms with van der Waals surface area (Å²) in [6.45, 7) is 5.38. The molecule has 0 radical (unpaired) electrons. The molecule has 0 amide bonds. The van der Waals surface area contributed by atoms with Gasteiger partial charge in [0.1, 0.15) is 24.9 Å². The largest absolute Gasteiger partial charge is 0.459 e. The number of carbonyl (C=O) groups excluding carboxylic acids is 1. The van der Waals surface area contributed by atoms with Crippen molar-refractivity contribution in [2.24, 2.45) is 0 Å². The van der Waals surface area contributed by atoms with Crippen molar-refractivity contribution >= 4 is 5.97 Å². The van der Waals surface area contributed by atoms with Crippen molar-refractivity contribution in [3.05, 3.63) is 68.5 Å². The van der Waals surface area contributed by atoms with Gasteiger partial charge in [-0.15, -0.1) is 0 Å². The summed E-state index contributed by atoms with van der Waals surface area (Å²) in [5.41, 5.74) is 0.346. The molecule has 2 aromatic rings. The third kappa shape index (κ3) is 3.89. The van der Waals surface area contributed by atoms with E-state index >= 15 is 0 Å². The van der Waals surface area contributed by atoms with Crippen LogP contribution in [-0.4, -0.2) is 46.2 Å². The van der Waals surface area contributed by atoms with Gasteiger partial charge in [0.15, 0.2) is 12.0 Å². The number of carbonyl (C=O) groups is 1. The second-order valence-corrected chi connectivity index (χ2v) is 7.61. The Morgan fingerprint density at radius 3 is 2.52 bits per heavy atom. The van der Waals surface area contributed by atoms with Crippen molar-refractivity contribution in [3.63, 3.8) is 0 Å². The van der Waals surface area contributed by atoms with Crippen LogP contribution in [0.4, 0.5) is 0 Å². The predicted octanol–water partition coefficient (Wildman–Crippen LogP) is 1.12. The molecule has 2 aliphatic rings. The van der Waals surface area contributed by atoms with E-state index in [1.165, 1.54) is 16.8 Å².